The molecule has 2 aromatic carbocycles. The molecule has 2 aromatic rings. The van der Waals surface area contributed by atoms with Gasteiger partial charge in [-0.1, -0.05) is 6.07 Å². The Kier molecular flexibility index (Phi) is 4.43. The average molecular weight is 338 g/mol. The molecular formula is C19H18N2O4. The summed E-state index contributed by atoms with van der Waals surface area (Å²) in [6.07, 6.45) is 1.73. The predicted molar refractivity (Wildman–Crippen MR) is 96.2 cm³/mol. The van der Waals surface area contributed by atoms with Crippen molar-refractivity contribution in [2.24, 2.45) is 5.10 Å². The first-order valence-electron chi connectivity index (χ1n) is 7.66. The van der Waals surface area contributed by atoms with E-state index in [1.54, 1.807) is 56.5 Å². The number of hydrazone groups is 1. The SMILES string of the molecule is COc1ccc(N2N=C(C)/C(=C\c3ccc(O)c(OC)c3)C2=O)cc1. The number of hydrogen-bond acceptors (Lipinski definition) is 5. The molecule has 0 aliphatic carbocycles. The molecule has 1 aliphatic heterocycles. The highest BCUT2D eigenvalue weighted by atomic mass is 16.5. The first-order valence-corrected chi connectivity index (χ1v) is 7.66. The van der Waals surface area contributed by atoms with Crippen molar-refractivity contribution in [3.05, 3.63) is 53.6 Å². The fourth-order valence-corrected chi connectivity index (χ4v) is 2.53. The van der Waals surface area contributed by atoms with Crippen LogP contribution in [0.1, 0.15) is 12.5 Å². The van der Waals surface area contributed by atoms with Gasteiger partial charge in [0.1, 0.15) is 5.75 Å². The van der Waals surface area contributed by atoms with Gasteiger partial charge in [-0.25, -0.2) is 0 Å². The van der Waals surface area contributed by atoms with Crippen molar-refractivity contribution < 1.29 is 19.4 Å². The van der Waals surface area contributed by atoms with Gasteiger partial charge in [-0.2, -0.15) is 10.1 Å². The molecular weight excluding hydrogens is 320 g/mol. The van der Waals surface area contributed by atoms with Gasteiger partial charge in [0, 0.05) is 0 Å². The van der Waals surface area contributed by atoms with E-state index in [1.165, 1.54) is 18.2 Å². The Morgan fingerprint density at radius 3 is 2.44 bits per heavy atom. The summed E-state index contributed by atoms with van der Waals surface area (Å²) >= 11 is 0. The van der Waals surface area contributed by atoms with Crippen LogP contribution in [0.15, 0.2) is 53.1 Å². The molecule has 1 aliphatic rings. The third kappa shape index (κ3) is 3.19. The third-order valence-electron chi connectivity index (χ3n) is 3.89. The Balaban J connectivity index is 1.91. The normalized spacial score (nSPS) is 15.5. The smallest absolute Gasteiger partial charge is 0.280 e. The van der Waals surface area contributed by atoms with E-state index < -0.39 is 0 Å². The second-order valence-electron chi connectivity index (χ2n) is 5.49. The van der Waals surface area contributed by atoms with E-state index in [-0.39, 0.29) is 11.7 Å². The summed E-state index contributed by atoms with van der Waals surface area (Å²) in [4.78, 5) is 12.7. The van der Waals surface area contributed by atoms with Gasteiger partial charge in [0.05, 0.1) is 31.2 Å². The van der Waals surface area contributed by atoms with Crippen LogP contribution in [0.3, 0.4) is 0 Å². The molecule has 6 heteroatoms. The van der Waals surface area contributed by atoms with Crippen LogP contribution in [0.25, 0.3) is 6.08 Å². The van der Waals surface area contributed by atoms with Crippen molar-refractivity contribution in [2.45, 2.75) is 6.92 Å². The number of carbonyl (C=O) groups excluding carboxylic acids is 1. The topological polar surface area (TPSA) is 71.4 Å². The Labute approximate surface area is 145 Å². The Bertz CT molecular complexity index is 869. The van der Waals surface area contributed by atoms with Gasteiger partial charge >= 0.3 is 0 Å². The van der Waals surface area contributed by atoms with Crippen molar-refractivity contribution in [3.63, 3.8) is 0 Å². The summed E-state index contributed by atoms with van der Waals surface area (Å²) < 4.78 is 10.2. The van der Waals surface area contributed by atoms with Crippen molar-refractivity contribution in [2.75, 3.05) is 19.2 Å². The van der Waals surface area contributed by atoms with Crippen molar-refractivity contribution >= 4 is 23.4 Å². The maximum absolute atomic E-state index is 12.7. The molecule has 1 N–H and O–H groups in total. The number of carbonyl (C=O) groups is 1. The third-order valence-corrected chi connectivity index (χ3v) is 3.89. The van der Waals surface area contributed by atoms with Crippen LogP contribution in [0.4, 0.5) is 5.69 Å². The summed E-state index contributed by atoms with van der Waals surface area (Å²) in [5.74, 6) is 0.895. The molecule has 0 atom stereocenters. The minimum absolute atomic E-state index is 0.0487. The number of aromatic hydroxyl groups is 1. The molecule has 0 aromatic heterocycles. The van der Waals surface area contributed by atoms with E-state index >= 15 is 0 Å². The van der Waals surface area contributed by atoms with Gasteiger partial charge < -0.3 is 14.6 Å². The number of nitrogens with zero attached hydrogens (tertiary/aromatic N) is 2. The van der Waals surface area contributed by atoms with Crippen LogP contribution in [0, 0.1) is 0 Å². The highest BCUT2D eigenvalue weighted by Gasteiger charge is 2.28. The number of hydrogen-bond donors (Lipinski definition) is 1. The molecule has 6 nitrogen and oxygen atoms in total. The Morgan fingerprint density at radius 2 is 1.80 bits per heavy atom. The zero-order valence-electron chi connectivity index (χ0n) is 14.2. The zero-order valence-corrected chi connectivity index (χ0v) is 14.2. The Morgan fingerprint density at radius 1 is 1.08 bits per heavy atom. The summed E-state index contributed by atoms with van der Waals surface area (Å²) in [5.41, 5.74) is 2.51. The highest BCUT2D eigenvalue weighted by molar-refractivity contribution is 6.32. The monoisotopic (exact) mass is 338 g/mol. The largest absolute Gasteiger partial charge is 0.504 e. The van der Waals surface area contributed by atoms with Gasteiger partial charge in [-0.15, -0.1) is 0 Å². The van der Waals surface area contributed by atoms with Crippen LogP contribution < -0.4 is 14.5 Å². The van der Waals surface area contributed by atoms with Crippen LogP contribution in [0.5, 0.6) is 17.2 Å². The fraction of sp³-hybridized carbons (Fsp3) is 0.158. The standard InChI is InChI=1S/C19H18N2O4/c1-12-16(10-13-4-9-17(22)18(11-13)25-3)19(23)21(20-12)14-5-7-15(24-2)8-6-14/h4-11,22H,1-3H3/b16-10+. The van der Waals surface area contributed by atoms with Crippen molar-refractivity contribution in [1.29, 1.82) is 0 Å². The van der Waals surface area contributed by atoms with Crippen molar-refractivity contribution in [1.82, 2.24) is 0 Å². The summed E-state index contributed by atoms with van der Waals surface area (Å²) in [6, 6.07) is 12.0. The van der Waals surface area contributed by atoms with E-state index in [1.807, 2.05) is 0 Å². The van der Waals surface area contributed by atoms with Gasteiger partial charge in [-0.3, -0.25) is 4.79 Å². The molecule has 1 heterocycles. The van der Waals surface area contributed by atoms with Gasteiger partial charge in [-0.05, 0) is 55.0 Å². The molecule has 25 heavy (non-hydrogen) atoms. The van der Waals surface area contributed by atoms with Gasteiger partial charge in [0.2, 0.25) is 0 Å². The average Bonchev–Trinajstić information content (AvgIpc) is 2.91. The quantitative estimate of drug-likeness (QED) is 0.869. The highest BCUT2D eigenvalue weighted by Crippen LogP contribution is 2.30. The predicted octanol–water partition coefficient (Wildman–Crippen LogP) is 3.22. The summed E-state index contributed by atoms with van der Waals surface area (Å²) in [5, 5.41) is 15.4. The first kappa shape index (κ1) is 16.6. The Hall–Kier alpha value is -3.28. The van der Waals surface area contributed by atoms with Crippen molar-refractivity contribution in [3.8, 4) is 17.2 Å². The maximum atomic E-state index is 12.7. The fourth-order valence-electron chi connectivity index (χ4n) is 2.53. The molecule has 128 valence electrons. The lowest BCUT2D eigenvalue weighted by molar-refractivity contribution is -0.114. The number of rotatable bonds is 4. The number of benzene rings is 2. The molecule has 0 bridgehead atoms. The summed E-state index contributed by atoms with van der Waals surface area (Å²) in [7, 11) is 3.07. The van der Waals surface area contributed by atoms with E-state index in [0.717, 1.165) is 5.56 Å². The number of phenols is 1. The van der Waals surface area contributed by atoms with Crippen LogP contribution in [0.2, 0.25) is 0 Å². The molecule has 0 radical (unpaired) electrons. The maximum Gasteiger partial charge on any atom is 0.280 e. The minimum atomic E-state index is -0.213. The molecule has 0 saturated heterocycles. The number of anilines is 1. The second-order valence-corrected chi connectivity index (χ2v) is 5.49. The lowest BCUT2D eigenvalue weighted by atomic mass is 10.1. The number of methoxy groups -OCH3 is 2. The van der Waals surface area contributed by atoms with Crippen LogP contribution in [-0.4, -0.2) is 30.9 Å². The number of ether oxygens (including phenoxy) is 2. The van der Waals surface area contributed by atoms with Gasteiger partial charge in [0.25, 0.3) is 5.91 Å². The molecule has 0 spiro atoms. The van der Waals surface area contributed by atoms with Crippen LogP contribution in [-0.2, 0) is 4.79 Å². The summed E-state index contributed by atoms with van der Waals surface area (Å²) in [6.45, 7) is 1.78. The molecule has 0 saturated carbocycles. The lowest BCUT2D eigenvalue weighted by Crippen LogP contribution is -2.21. The molecule has 1 amide bonds. The van der Waals surface area contributed by atoms with E-state index in [0.29, 0.717) is 28.5 Å². The van der Waals surface area contributed by atoms with E-state index in [9.17, 15) is 9.90 Å². The lowest BCUT2D eigenvalue weighted by Gasteiger charge is -2.12. The van der Waals surface area contributed by atoms with Gasteiger partial charge in [0.15, 0.2) is 11.5 Å². The number of phenolic OH excluding ortho intramolecular Hbond substituents is 1. The van der Waals surface area contributed by atoms with E-state index in [4.69, 9.17) is 9.47 Å². The number of amides is 1. The second kappa shape index (κ2) is 6.68. The van der Waals surface area contributed by atoms with Crippen LogP contribution >= 0.6 is 0 Å². The first-order chi connectivity index (χ1) is 12.0. The zero-order chi connectivity index (χ0) is 18.0. The molecule has 3 rings (SSSR count). The molecule has 0 fully saturated rings. The molecule has 0 unspecified atom stereocenters. The van der Waals surface area contributed by atoms with E-state index in [2.05, 4.69) is 5.10 Å². The minimum Gasteiger partial charge on any atom is -0.504 e.